The lowest BCUT2D eigenvalue weighted by Crippen LogP contribution is -2.41. The predicted molar refractivity (Wildman–Crippen MR) is 60.0 cm³/mol. The summed E-state index contributed by atoms with van der Waals surface area (Å²) < 4.78 is 0.412. The molecule has 76 valence electrons. The predicted octanol–water partition coefficient (Wildman–Crippen LogP) is 2.79. The van der Waals surface area contributed by atoms with Gasteiger partial charge in [-0.3, -0.25) is 0 Å². The maximum absolute atomic E-state index is 6.27. The summed E-state index contributed by atoms with van der Waals surface area (Å²) in [6, 6.07) is 0.445. The quantitative estimate of drug-likeness (QED) is 0.753. The van der Waals surface area contributed by atoms with Crippen LogP contribution in [-0.4, -0.2) is 16.5 Å². The Morgan fingerprint density at radius 3 is 2.85 bits per heavy atom. The van der Waals surface area contributed by atoms with Gasteiger partial charge in [-0.05, 0) is 44.3 Å². The number of hydrogen-bond acceptors (Lipinski definition) is 2. The van der Waals surface area contributed by atoms with Crippen LogP contribution in [0.5, 0.6) is 0 Å². The molecular weight excluding hydrogens is 178 g/mol. The first-order valence-electron chi connectivity index (χ1n) is 5.60. The highest BCUT2D eigenvalue weighted by Gasteiger charge is 2.36. The zero-order valence-electron chi connectivity index (χ0n) is 8.59. The molecule has 2 N–H and O–H groups in total. The van der Waals surface area contributed by atoms with Crippen LogP contribution >= 0.6 is 11.8 Å². The molecule has 1 saturated carbocycles. The molecular formula is C11H21NS. The second-order valence-electron chi connectivity index (χ2n) is 4.89. The van der Waals surface area contributed by atoms with E-state index < -0.39 is 0 Å². The van der Waals surface area contributed by atoms with Gasteiger partial charge in [0.1, 0.15) is 0 Å². The lowest BCUT2D eigenvalue weighted by atomic mass is 9.92. The average Bonchev–Trinajstić information content (AvgIpc) is 2.84. The first-order chi connectivity index (χ1) is 6.21. The van der Waals surface area contributed by atoms with Crippen molar-refractivity contribution in [3.63, 3.8) is 0 Å². The third-order valence-electron chi connectivity index (χ3n) is 3.62. The first-order valence-corrected chi connectivity index (χ1v) is 6.59. The molecule has 2 unspecified atom stereocenters. The molecule has 0 bridgehead atoms. The third-order valence-corrected chi connectivity index (χ3v) is 5.28. The van der Waals surface area contributed by atoms with Gasteiger partial charge in [0.05, 0.1) is 0 Å². The summed E-state index contributed by atoms with van der Waals surface area (Å²) in [7, 11) is 0. The van der Waals surface area contributed by atoms with E-state index in [1.54, 1.807) is 0 Å². The molecule has 0 spiro atoms. The molecule has 1 saturated heterocycles. The number of rotatable bonds is 4. The van der Waals surface area contributed by atoms with Gasteiger partial charge in [0.15, 0.2) is 0 Å². The number of thioether (sulfide) groups is 1. The van der Waals surface area contributed by atoms with Crippen molar-refractivity contribution in [3.05, 3.63) is 0 Å². The molecule has 2 atom stereocenters. The van der Waals surface area contributed by atoms with E-state index in [0.29, 0.717) is 10.8 Å². The fourth-order valence-electron chi connectivity index (χ4n) is 2.22. The van der Waals surface area contributed by atoms with Crippen molar-refractivity contribution in [1.82, 2.24) is 0 Å². The van der Waals surface area contributed by atoms with Crippen LogP contribution in [0.3, 0.4) is 0 Å². The molecule has 0 aromatic carbocycles. The van der Waals surface area contributed by atoms with E-state index in [1.807, 2.05) is 0 Å². The molecule has 1 aliphatic carbocycles. The minimum atomic E-state index is 0.412. The molecule has 1 aliphatic heterocycles. The SMILES string of the molecule is CC1(C(N)CCC2CC2)CCCS1. The Morgan fingerprint density at radius 1 is 1.54 bits per heavy atom. The van der Waals surface area contributed by atoms with Gasteiger partial charge >= 0.3 is 0 Å². The zero-order valence-corrected chi connectivity index (χ0v) is 9.41. The lowest BCUT2D eigenvalue weighted by Gasteiger charge is -2.30. The van der Waals surface area contributed by atoms with Crippen molar-refractivity contribution in [2.75, 3.05) is 5.75 Å². The van der Waals surface area contributed by atoms with Gasteiger partial charge < -0.3 is 5.73 Å². The van der Waals surface area contributed by atoms with Gasteiger partial charge in [-0.15, -0.1) is 0 Å². The van der Waals surface area contributed by atoms with Crippen LogP contribution in [0.1, 0.15) is 45.4 Å². The largest absolute Gasteiger partial charge is 0.326 e. The first kappa shape index (κ1) is 9.85. The number of hydrogen-bond donors (Lipinski definition) is 1. The Morgan fingerprint density at radius 2 is 2.31 bits per heavy atom. The summed E-state index contributed by atoms with van der Waals surface area (Å²) in [6.45, 7) is 2.36. The summed E-state index contributed by atoms with van der Waals surface area (Å²) in [5.41, 5.74) is 6.27. The van der Waals surface area contributed by atoms with E-state index in [1.165, 1.54) is 44.3 Å². The standard InChI is InChI=1S/C11H21NS/c1-11(7-2-8-13-11)10(12)6-5-9-3-4-9/h9-10H,2-8,12H2,1H3. The van der Waals surface area contributed by atoms with Crippen LogP contribution in [0.15, 0.2) is 0 Å². The van der Waals surface area contributed by atoms with Gasteiger partial charge in [0.2, 0.25) is 0 Å². The third kappa shape index (κ3) is 2.41. The zero-order chi connectivity index (χ0) is 9.31. The molecule has 0 radical (unpaired) electrons. The summed E-state index contributed by atoms with van der Waals surface area (Å²) in [6.07, 6.45) is 8.29. The molecule has 13 heavy (non-hydrogen) atoms. The van der Waals surface area contributed by atoms with Crippen molar-refractivity contribution in [2.24, 2.45) is 11.7 Å². The second-order valence-corrected chi connectivity index (χ2v) is 6.52. The van der Waals surface area contributed by atoms with Crippen molar-refractivity contribution < 1.29 is 0 Å². The van der Waals surface area contributed by atoms with Crippen LogP contribution in [0.2, 0.25) is 0 Å². The maximum Gasteiger partial charge on any atom is 0.0283 e. The molecule has 2 rings (SSSR count). The summed E-state index contributed by atoms with van der Waals surface area (Å²) >= 11 is 2.10. The Labute approximate surface area is 85.8 Å². The highest BCUT2D eigenvalue weighted by molar-refractivity contribution is 8.00. The molecule has 2 fully saturated rings. The molecule has 1 nitrogen and oxygen atoms in total. The monoisotopic (exact) mass is 199 g/mol. The van der Waals surface area contributed by atoms with E-state index in [2.05, 4.69) is 18.7 Å². The minimum Gasteiger partial charge on any atom is -0.326 e. The minimum absolute atomic E-state index is 0.412. The van der Waals surface area contributed by atoms with Crippen LogP contribution in [-0.2, 0) is 0 Å². The molecule has 0 aromatic rings. The summed E-state index contributed by atoms with van der Waals surface area (Å²) in [4.78, 5) is 0. The van der Waals surface area contributed by atoms with Gasteiger partial charge in [-0.1, -0.05) is 12.8 Å². The van der Waals surface area contributed by atoms with Gasteiger partial charge in [-0.2, -0.15) is 11.8 Å². The Hall–Kier alpha value is 0.310. The summed E-state index contributed by atoms with van der Waals surface area (Å²) in [5.74, 6) is 2.37. The van der Waals surface area contributed by atoms with Crippen molar-refractivity contribution in [2.45, 2.75) is 56.2 Å². The maximum atomic E-state index is 6.27. The van der Waals surface area contributed by atoms with Crippen LogP contribution in [0.25, 0.3) is 0 Å². The average molecular weight is 199 g/mol. The van der Waals surface area contributed by atoms with E-state index in [-0.39, 0.29) is 0 Å². The van der Waals surface area contributed by atoms with Gasteiger partial charge in [-0.25, -0.2) is 0 Å². The van der Waals surface area contributed by atoms with Crippen molar-refractivity contribution >= 4 is 11.8 Å². The van der Waals surface area contributed by atoms with Crippen molar-refractivity contribution in [3.8, 4) is 0 Å². The number of nitrogens with two attached hydrogens (primary N) is 1. The molecule has 0 aromatic heterocycles. The highest BCUT2D eigenvalue weighted by atomic mass is 32.2. The summed E-state index contributed by atoms with van der Waals surface area (Å²) in [5, 5.41) is 0. The molecule has 2 heteroatoms. The normalized spacial score (nSPS) is 36.5. The second kappa shape index (κ2) is 3.82. The molecule has 0 amide bonds. The van der Waals surface area contributed by atoms with Crippen LogP contribution in [0, 0.1) is 5.92 Å². The van der Waals surface area contributed by atoms with Crippen LogP contribution in [0.4, 0.5) is 0 Å². The highest BCUT2D eigenvalue weighted by Crippen LogP contribution is 2.42. The Kier molecular flexibility index (Phi) is 2.89. The van der Waals surface area contributed by atoms with E-state index in [4.69, 9.17) is 5.73 Å². The van der Waals surface area contributed by atoms with E-state index >= 15 is 0 Å². The lowest BCUT2D eigenvalue weighted by molar-refractivity contribution is 0.439. The molecule has 1 heterocycles. The fourth-order valence-corrected chi connectivity index (χ4v) is 3.60. The Bertz CT molecular complexity index is 171. The fraction of sp³-hybridized carbons (Fsp3) is 1.00. The molecule has 2 aliphatic rings. The van der Waals surface area contributed by atoms with E-state index in [9.17, 15) is 0 Å². The van der Waals surface area contributed by atoms with Gasteiger partial charge in [0.25, 0.3) is 0 Å². The van der Waals surface area contributed by atoms with Crippen LogP contribution < -0.4 is 5.73 Å². The van der Waals surface area contributed by atoms with Crippen molar-refractivity contribution in [1.29, 1.82) is 0 Å². The topological polar surface area (TPSA) is 26.0 Å². The van der Waals surface area contributed by atoms with E-state index in [0.717, 1.165) is 5.92 Å². The van der Waals surface area contributed by atoms with Gasteiger partial charge in [0, 0.05) is 10.8 Å². The Balaban J connectivity index is 1.76. The smallest absolute Gasteiger partial charge is 0.0283 e.